The highest BCUT2D eigenvalue weighted by Gasteiger charge is 2.21. The number of aryl methyl sites for hydroxylation is 2. The molecule has 2 N–H and O–H groups in total. The van der Waals surface area contributed by atoms with Gasteiger partial charge in [0.2, 0.25) is 0 Å². The number of nitrogens with one attached hydrogen (secondary N) is 2. The molecule has 1 heterocycles. The summed E-state index contributed by atoms with van der Waals surface area (Å²) >= 11 is 0. The summed E-state index contributed by atoms with van der Waals surface area (Å²) < 4.78 is 0. The van der Waals surface area contributed by atoms with Crippen molar-refractivity contribution in [2.75, 3.05) is 6.54 Å². The molecule has 3 rings (SSSR count). The molecule has 0 bridgehead atoms. The van der Waals surface area contributed by atoms with Crippen LogP contribution in [0.25, 0.3) is 0 Å². The molecule has 1 aromatic heterocycles. The summed E-state index contributed by atoms with van der Waals surface area (Å²) in [4.78, 5) is 4.13. The zero-order valence-electron chi connectivity index (χ0n) is 10.6. The smallest absolute Gasteiger partial charge is 0.137 e. The van der Waals surface area contributed by atoms with Gasteiger partial charge in [-0.05, 0) is 30.9 Å². The van der Waals surface area contributed by atoms with Gasteiger partial charge in [0, 0.05) is 19.0 Å². The minimum Gasteiger partial charge on any atom is -0.309 e. The molecule has 0 radical (unpaired) electrons. The summed E-state index contributed by atoms with van der Waals surface area (Å²) in [5.74, 6) is 0.949. The van der Waals surface area contributed by atoms with E-state index in [9.17, 15) is 0 Å². The number of rotatable bonds is 4. The molecule has 1 aliphatic rings. The Morgan fingerprint density at radius 3 is 3.22 bits per heavy atom. The predicted octanol–water partition coefficient (Wildman–Crippen LogP) is 1.93. The summed E-state index contributed by atoms with van der Waals surface area (Å²) in [6.07, 6.45) is 4.85. The van der Waals surface area contributed by atoms with Gasteiger partial charge in [-0.15, -0.1) is 0 Å². The van der Waals surface area contributed by atoms with E-state index in [1.54, 1.807) is 6.33 Å². The normalized spacial score (nSPS) is 17.9. The molecule has 0 fully saturated rings. The lowest BCUT2D eigenvalue weighted by Gasteiger charge is -2.13. The van der Waals surface area contributed by atoms with E-state index in [4.69, 9.17) is 0 Å². The van der Waals surface area contributed by atoms with Gasteiger partial charge in [0.1, 0.15) is 12.2 Å². The fourth-order valence-corrected chi connectivity index (χ4v) is 2.65. The topological polar surface area (TPSA) is 53.6 Å². The van der Waals surface area contributed by atoms with E-state index in [1.165, 1.54) is 29.5 Å². The van der Waals surface area contributed by atoms with E-state index in [0.29, 0.717) is 6.04 Å². The molecule has 1 aromatic carbocycles. The van der Waals surface area contributed by atoms with Gasteiger partial charge in [0.15, 0.2) is 0 Å². The van der Waals surface area contributed by atoms with Crippen LogP contribution in [0.4, 0.5) is 0 Å². The second kappa shape index (κ2) is 4.90. The number of nitrogens with zero attached hydrogens (tertiary/aromatic N) is 2. The average Bonchev–Trinajstić information content (AvgIpc) is 2.99. The van der Waals surface area contributed by atoms with Crippen molar-refractivity contribution in [2.24, 2.45) is 0 Å². The van der Waals surface area contributed by atoms with Crippen molar-refractivity contribution in [3.8, 4) is 0 Å². The minimum atomic E-state index is 0.503. The number of hydrogen-bond acceptors (Lipinski definition) is 3. The molecule has 0 saturated heterocycles. The highest BCUT2D eigenvalue weighted by atomic mass is 15.2. The van der Waals surface area contributed by atoms with E-state index in [1.807, 2.05) is 0 Å². The van der Waals surface area contributed by atoms with Crippen molar-refractivity contribution < 1.29 is 0 Å². The summed E-state index contributed by atoms with van der Waals surface area (Å²) in [5.41, 5.74) is 4.32. The van der Waals surface area contributed by atoms with E-state index in [0.717, 1.165) is 18.8 Å². The molecule has 1 unspecified atom stereocenters. The Hall–Kier alpha value is -1.68. The van der Waals surface area contributed by atoms with Crippen molar-refractivity contribution in [1.29, 1.82) is 0 Å². The first-order valence-corrected chi connectivity index (χ1v) is 6.50. The maximum Gasteiger partial charge on any atom is 0.137 e. The molecule has 0 spiro atoms. The molecule has 2 aromatic rings. The van der Waals surface area contributed by atoms with Crippen LogP contribution in [0.3, 0.4) is 0 Å². The summed E-state index contributed by atoms with van der Waals surface area (Å²) in [6.45, 7) is 3.09. The number of benzene rings is 1. The maximum absolute atomic E-state index is 4.13. The first-order chi connectivity index (χ1) is 8.83. The molecule has 1 aliphatic carbocycles. The summed E-state index contributed by atoms with van der Waals surface area (Å²) in [5, 5.41) is 10.4. The molecule has 1 atom stereocenters. The third-order valence-electron chi connectivity index (χ3n) is 3.60. The van der Waals surface area contributed by atoms with Gasteiger partial charge in [0.25, 0.3) is 0 Å². The predicted molar refractivity (Wildman–Crippen MR) is 70.3 cm³/mol. The minimum absolute atomic E-state index is 0.503. The van der Waals surface area contributed by atoms with Crippen LogP contribution in [-0.2, 0) is 12.8 Å². The Balaban J connectivity index is 1.61. The summed E-state index contributed by atoms with van der Waals surface area (Å²) in [6, 6.07) is 7.29. The highest BCUT2D eigenvalue weighted by Crippen LogP contribution is 2.31. The Bertz CT molecular complexity index is 519. The standard InChI is InChI=1S/C14H18N4/c1-10-2-3-11-4-5-13(12(11)8-10)15-7-6-14-16-9-17-18-14/h2-3,8-9,13,15H,4-7H2,1H3,(H,16,17,18). The van der Waals surface area contributed by atoms with Crippen LogP contribution in [-0.4, -0.2) is 21.7 Å². The number of aromatic nitrogens is 3. The maximum atomic E-state index is 4.13. The van der Waals surface area contributed by atoms with Crippen LogP contribution in [0, 0.1) is 6.92 Å². The first kappa shape index (κ1) is 11.4. The second-order valence-corrected chi connectivity index (χ2v) is 4.93. The van der Waals surface area contributed by atoms with Crippen LogP contribution in [0.15, 0.2) is 24.5 Å². The average molecular weight is 242 g/mol. The largest absolute Gasteiger partial charge is 0.309 e. The molecule has 4 heteroatoms. The number of H-pyrrole nitrogens is 1. The zero-order valence-corrected chi connectivity index (χ0v) is 10.6. The lowest BCUT2D eigenvalue weighted by Crippen LogP contribution is -2.22. The summed E-state index contributed by atoms with van der Waals surface area (Å²) in [7, 11) is 0. The van der Waals surface area contributed by atoms with Crippen LogP contribution in [0.5, 0.6) is 0 Å². The van der Waals surface area contributed by atoms with Crippen LogP contribution in [0.2, 0.25) is 0 Å². The van der Waals surface area contributed by atoms with Gasteiger partial charge >= 0.3 is 0 Å². The van der Waals surface area contributed by atoms with Crippen molar-refractivity contribution >= 4 is 0 Å². The number of fused-ring (bicyclic) bond motifs is 1. The Kier molecular flexibility index (Phi) is 3.11. The zero-order chi connectivity index (χ0) is 12.4. The van der Waals surface area contributed by atoms with Crippen molar-refractivity contribution in [3.05, 3.63) is 47.0 Å². The fraction of sp³-hybridized carbons (Fsp3) is 0.429. The van der Waals surface area contributed by atoms with Gasteiger partial charge in [-0.3, -0.25) is 5.10 Å². The van der Waals surface area contributed by atoms with Gasteiger partial charge < -0.3 is 5.32 Å². The second-order valence-electron chi connectivity index (χ2n) is 4.93. The Morgan fingerprint density at radius 1 is 1.44 bits per heavy atom. The molecular weight excluding hydrogens is 224 g/mol. The molecule has 18 heavy (non-hydrogen) atoms. The van der Waals surface area contributed by atoms with Crippen molar-refractivity contribution in [1.82, 2.24) is 20.5 Å². The Morgan fingerprint density at radius 2 is 2.39 bits per heavy atom. The molecule has 0 aliphatic heterocycles. The van der Waals surface area contributed by atoms with E-state index < -0.39 is 0 Å². The molecule has 94 valence electrons. The molecule has 4 nitrogen and oxygen atoms in total. The Labute approximate surface area is 107 Å². The number of hydrogen-bond donors (Lipinski definition) is 2. The lowest BCUT2D eigenvalue weighted by molar-refractivity contribution is 0.529. The van der Waals surface area contributed by atoms with Crippen molar-refractivity contribution in [3.63, 3.8) is 0 Å². The van der Waals surface area contributed by atoms with E-state index in [2.05, 4.69) is 45.6 Å². The van der Waals surface area contributed by atoms with Gasteiger partial charge in [-0.1, -0.05) is 23.8 Å². The van der Waals surface area contributed by atoms with Crippen LogP contribution in [0.1, 0.15) is 35.0 Å². The van der Waals surface area contributed by atoms with Gasteiger partial charge in [-0.2, -0.15) is 5.10 Å². The molecule has 0 amide bonds. The van der Waals surface area contributed by atoms with Crippen LogP contribution >= 0.6 is 0 Å². The SMILES string of the molecule is Cc1ccc2c(c1)C(NCCc1ncn[nH]1)CC2. The van der Waals surface area contributed by atoms with Crippen LogP contribution < -0.4 is 5.32 Å². The molecule has 0 saturated carbocycles. The van der Waals surface area contributed by atoms with E-state index in [-0.39, 0.29) is 0 Å². The monoisotopic (exact) mass is 242 g/mol. The first-order valence-electron chi connectivity index (χ1n) is 6.50. The number of aromatic amines is 1. The third-order valence-corrected chi connectivity index (χ3v) is 3.60. The fourth-order valence-electron chi connectivity index (χ4n) is 2.65. The lowest BCUT2D eigenvalue weighted by atomic mass is 10.1. The highest BCUT2D eigenvalue weighted by molar-refractivity contribution is 5.37. The third kappa shape index (κ3) is 2.29. The molecular formula is C14H18N4. The quantitative estimate of drug-likeness (QED) is 0.861. The van der Waals surface area contributed by atoms with E-state index >= 15 is 0 Å². The van der Waals surface area contributed by atoms with Crippen molar-refractivity contribution in [2.45, 2.75) is 32.2 Å². The van der Waals surface area contributed by atoms with Gasteiger partial charge in [-0.25, -0.2) is 4.98 Å². The van der Waals surface area contributed by atoms with Gasteiger partial charge in [0.05, 0.1) is 0 Å².